The molecule has 0 aromatic carbocycles. The van der Waals surface area contributed by atoms with E-state index in [-0.39, 0.29) is 0 Å². The van der Waals surface area contributed by atoms with Crippen molar-refractivity contribution in [1.29, 1.82) is 0 Å². The predicted molar refractivity (Wildman–Crippen MR) is 82.9 cm³/mol. The first-order valence-corrected chi connectivity index (χ1v) is 8.96. The van der Waals surface area contributed by atoms with Crippen LogP contribution in [0.5, 0.6) is 0 Å². The van der Waals surface area contributed by atoms with Crippen molar-refractivity contribution < 1.29 is 0 Å². The van der Waals surface area contributed by atoms with Crippen LogP contribution in [0.1, 0.15) is 45.4 Å². The number of hydrogen-bond acceptors (Lipinski definition) is 3. The quantitative estimate of drug-likeness (QED) is 0.832. The average molecular weight is 277 g/mol. The maximum absolute atomic E-state index is 3.53. The second-order valence-corrected chi connectivity index (χ2v) is 7.96. The molecule has 0 aromatic rings. The van der Waals surface area contributed by atoms with Crippen LogP contribution in [-0.4, -0.2) is 61.2 Å². The van der Waals surface area contributed by atoms with Gasteiger partial charge in [0.2, 0.25) is 0 Å². The molecule has 1 spiro atoms. The predicted octanol–water partition coefficient (Wildman–Crippen LogP) is 1.93. The third-order valence-corrected chi connectivity index (χ3v) is 6.73. The number of piperazine rings is 1. The van der Waals surface area contributed by atoms with E-state index in [1.54, 1.807) is 0 Å². The molecule has 0 radical (unpaired) electrons. The van der Waals surface area contributed by atoms with Gasteiger partial charge in [0.05, 0.1) is 0 Å². The number of piperidine rings is 2. The highest BCUT2D eigenvalue weighted by atomic mass is 15.3. The summed E-state index contributed by atoms with van der Waals surface area (Å²) in [6.07, 6.45) is 8.74. The second kappa shape index (κ2) is 5.26. The van der Waals surface area contributed by atoms with Crippen molar-refractivity contribution in [3.8, 4) is 0 Å². The zero-order valence-corrected chi connectivity index (χ0v) is 13.1. The molecule has 3 unspecified atom stereocenters. The fourth-order valence-corrected chi connectivity index (χ4v) is 5.18. The summed E-state index contributed by atoms with van der Waals surface area (Å²) >= 11 is 0. The SMILES string of the molecule is CC1CN2CCCCC2CN1CC1CC12CCNCC2. The van der Waals surface area contributed by atoms with Crippen molar-refractivity contribution in [3.05, 3.63) is 0 Å². The van der Waals surface area contributed by atoms with E-state index in [1.165, 1.54) is 77.8 Å². The minimum absolute atomic E-state index is 0.759. The summed E-state index contributed by atoms with van der Waals surface area (Å²) in [7, 11) is 0. The first kappa shape index (κ1) is 13.5. The van der Waals surface area contributed by atoms with Gasteiger partial charge in [0.25, 0.3) is 0 Å². The molecule has 0 amide bonds. The van der Waals surface area contributed by atoms with E-state index in [0.29, 0.717) is 0 Å². The molecule has 1 N–H and O–H groups in total. The Bertz CT molecular complexity index is 350. The van der Waals surface area contributed by atoms with Crippen molar-refractivity contribution in [2.24, 2.45) is 11.3 Å². The van der Waals surface area contributed by atoms with Gasteiger partial charge in [-0.15, -0.1) is 0 Å². The Balaban J connectivity index is 1.35. The van der Waals surface area contributed by atoms with Crippen LogP contribution in [0.15, 0.2) is 0 Å². The van der Waals surface area contributed by atoms with Crippen LogP contribution < -0.4 is 5.32 Å². The first-order chi connectivity index (χ1) is 9.77. The Morgan fingerprint density at radius 2 is 2.00 bits per heavy atom. The number of rotatable bonds is 2. The number of fused-ring (bicyclic) bond motifs is 1. The molecule has 1 aliphatic carbocycles. The maximum Gasteiger partial charge on any atom is 0.0223 e. The van der Waals surface area contributed by atoms with Crippen molar-refractivity contribution in [2.45, 2.75) is 57.5 Å². The zero-order valence-electron chi connectivity index (χ0n) is 13.1. The van der Waals surface area contributed by atoms with Crippen LogP contribution in [0.25, 0.3) is 0 Å². The minimum Gasteiger partial charge on any atom is -0.317 e. The van der Waals surface area contributed by atoms with E-state index in [2.05, 4.69) is 22.0 Å². The van der Waals surface area contributed by atoms with Gasteiger partial charge in [0, 0.05) is 31.7 Å². The van der Waals surface area contributed by atoms with E-state index >= 15 is 0 Å². The fraction of sp³-hybridized carbons (Fsp3) is 1.00. The van der Waals surface area contributed by atoms with Gasteiger partial charge in [0.1, 0.15) is 0 Å². The summed E-state index contributed by atoms with van der Waals surface area (Å²) in [5.74, 6) is 1.02. The fourth-order valence-electron chi connectivity index (χ4n) is 5.18. The summed E-state index contributed by atoms with van der Waals surface area (Å²) in [5.41, 5.74) is 0.759. The lowest BCUT2D eigenvalue weighted by atomic mass is 9.91. The van der Waals surface area contributed by atoms with Crippen molar-refractivity contribution in [2.75, 3.05) is 39.3 Å². The van der Waals surface area contributed by atoms with Crippen LogP contribution >= 0.6 is 0 Å². The van der Waals surface area contributed by atoms with Crippen molar-refractivity contribution in [3.63, 3.8) is 0 Å². The van der Waals surface area contributed by atoms with Crippen LogP contribution in [0.4, 0.5) is 0 Å². The molecule has 114 valence electrons. The molecule has 1 saturated carbocycles. The van der Waals surface area contributed by atoms with Gasteiger partial charge in [0.15, 0.2) is 0 Å². The molecule has 4 fully saturated rings. The Hall–Kier alpha value is -0.120. The van der Waals surface area contributed by atoms with E-state index in [1.807, 2.05) is 0 Å². The lowest BCUT2D eigenvalue weighted by Gasteiger charge is -2.48. The Labute approximate surface area is 124 Å². The number of nitrogens with one attached hydrogen (secondary N) is 1. The van der Waals surface area contributed by atoms with Crippen LogP contribution in [-0.2, 0) is 0 Å². The van der Waals surface area contributed by atoms with Gasteiger partial charge in [-0.05, 0) is 70.0 Å². The molecule has 4 aliphatic rings. The molecule has 3 heteroatoms. The first-order valence-electron chi connectivity index (χ1n) is 8.96. The summed E-state index contributed by atoms with van der Waals surface area (Å²) in [6.45, 7) is 10.4. The Morgan fingerprint density at radius 1 is 1.15 bits per heavy atom. The van der Waals surface area contributed by atoms with Gasteiger partial charge in [-0.2, -0.15) is 0 Å². The van der Waals surface area contributed by atoms with Crippen LogP contribution in [0.3, 0.4) is 0 Å². The molecule has 4 rings (SSSR count). The van der Waals surface area contributed by atoms with E-state index in [9.17, 15) is 0 Å². The molecule has 3 nitrogen and oxygen atoms in total. The molecule has 20 heavy (non-hydrogen) atoms. The van der Waals surface area contributed by atoms with E-state index in [0.717, 1.165) is 23.4 Å². The molecule has 0 bridgehead atoms. The van der Waals surface area contributed by atoms with Crippen molar-refractivity contribution in [1.82, 2.24) is 15.1 Å². The summed E-state index contributed by atoms with van der Waals surface area (Å²) in [5, 5.41) is 3.53. The highest BCUT2D eigenvalue weighted by molar-refractivity contribution is 5.06. The summed E-state index contributed by atoms with van der Waals surface area (Å²) in [6, 6.07) is 1.66. The monoisotopic (exact) mass is 277 g/mol. The Morgan fingerprint density at radius 3 is 2.85 bits per heavy atom. The third kappa shape index (κ3) is 2.42. The third-order valence-electron chi connectivity index (χ3n) is 6.73. The lowest BCUT2D eigenvalue weighted by Crippen LogP contribution is -2.59. The molecular weight excluding hydrogens is 246 g/mol. The van der Waals surface area contributed by atoms with Crippen molar-refractivity contribution >= 4 is 0 Å². The highest BCUT2D eigenvalue weighted by Gasteiger charge is 2.54. The lowest BCUT2D eigenvalue weighted by molar-refractivity contribution is 0.0106. The topological polar surface area (TPSA) is 18.5 Å². The average Bonchev–Trinajstić information content (AvgIpc) is 3.12. The van der Waals surface area contributed by atoms with Crippen LogP contribution in [0, 0.1) is 11.3 Å². The molecular formula is C17H31N3. The van der Waals surface area contributed by atoms with Gasteiger partial charge in [-0.25, -0.2) is 0 Å². The standard InChI is InChI=1S/C17H31N3/c1-14-11-19-9-3-2-4-16(19)13-20(14)12-15-10-17(15)5-7-18-8-6-17/h14-16,18H,2-13H2,1H3. The maximum atomic E-state index is 3.53. The summed E-state index contributed by atoms with van der Waals surface area (Å²) in [4.78, 5) is 5.62. The molecule has 3 aliphatic heterocycles. The van der Waals surface area contributed by atoms with Gasteiger partial charge >= 0.3 is 0 Å². The van der Waals surface area contributed by atoms with Gasteiger partial charge in [-0.3, -0.25) is 9.80 Å². The Kier molecular flexibility index (Phi) is 3.56. The smallest absolute Gasteiger partial charge is 0.0223 e. The van der Waals surface area contributed by atoms with E-state index in [4.69, 9.17) is 0 Å². The zero-order chi connectivity index (χ0) is 13.6. The highest BCUT2D eigenvalue weighted by Crippen LogP contribution is 2.58. The number of hydrogen-bond donors (Lipinski definition) is 1. The minimum atomic E-state index is 0.759. The largest absolute Gasteiger partial charge is 0.317 e. The molecule has 3 heterocycles. The molecule has 0 aromatic heterocycles. The van der Waals surface area contributed by atoms with Gasteiger partial charge in [-0.1, -0.05) is 6.42 Å². The molecule has 3 saturated heterocycles. The summed E-state index contributed by atoms with van der Waals surface area (Å²) < 4.78 is 0. The number of nitrogens with zero attached hydrogens (tertiary/aromatic N) is 2. The van der Waals surface area contributed by atoms with Crippen LogP contribution in [0.2, 0.25) is 0 Å². The second-order valence-electron chi connectivity index (χ2n) is 7.96. The van der Waals surface area contributed by atoms with E-state index < -0.39 is 0 Å². The normalized spacial score (nSPS) is 41.5. The molecule has 3 atom stereocenters. The van der Waals surface area contributed by atoms with Gasteiger partial charge < -0.3 is 5.32 Å².